The SMILES string of the molecule is NC(c1cncc(F)c1)c1cc2ccccc2s1. The number of hydrogen-bond acceptors (Lipinski definition) is 3. The van der Waals surface area contributed by atoms with E-state index in [0.29, 0.717) is 5.56 Å². The van der Waals surface area contributed by atoms with E-state index in [1.54, 1.807) is 17.5 Å². The van der Waals surface area contributed by atoms with E-state index in [1.807, 2.05) is 18.2 Å². The molecule has 3 aromatic rings. The van der Waals surface area contributed by atoms with Gasteiger partial charge in [0.05, 0.1) is 12.2 Å². The largest absolute Gasteiger partial charge is 0.320 e. The molecule has 1 atom stereocenters. The van der Waals surface area contributed by atoms with Crippen molar-refractivity contribution in [2.45, 2.75) is 6.04 Å². The van der Waals surface area contributed by atoms with Crippen LogP contribution in [0.2, 0.25) is 0 Å². The first-order chi connectivity index (χ1) is 8.74. The number of aromatic nitrogens is 1. The molecule has 1 unspecified atom stereocenters. The summed E-state index contributed by atoms with van der Waals surface area (Å²) in [6.45, 7) is 0. The summed E-state index contributed by atoms with van der Waals surface area (Å²) in [5.41, 5.74) is 6.85. The van der Waals surface area contributed by atoms with Gasteiger partial charge in [-0.05, 0) is 29.1 Å². The topological polar surface area (TPSA) is 38.9 Å². The van der Waals surface area contributed by atoms with E-state index in [9.17, 15) is 4.39 Å². The van der Waals surface area contributed by atoms with Crippen molar-refractivity contribution < 1.29 is 4.39 Å². The summed E-state index contributed by atoms with van der Waals surface area (Å²) >= 11 is 1.63. The van der Waals surface area contributed by atoms with Crippen molar-refractivity contribution in [3.05, 3.63) is 65.0 Å². The molecular weight excluding hydrogens is 247 g/mol. The Hall–Kier alpha value is -1.78. The van der Waals surface area contributed by atoms with E-state index in [0.717, 1.165) is 10.3 Å². The minimum Gasteiger partial charge on any atom is -0.320 e. The molecule has 0 fully saturated rings. The minimum absolute atomic E-state index is 0.328. The molecule has 0 aliphatic heterocycles. The number of benzene rings is 1. The van der Waals surface area contributed by atoms with Crippen LogP contribution in [0.4, 0.5) is 4.39 Å². The van der Waals surface area contributed by atoms with Crippen molar-refractivity contribution in [3.63, 3.8) is 0 Å². The molecule has 0 aliphatic carbocycles. The standard InChI is InChI=1S/C14H11FN2S/c15-11-5-10(7-17-8-11)14(16)13-6-9-3-1-2-4-12(9)18-13/h1-8,14H,16H2. The van der Waals surface area contributed by atoms with E-state index in [4.69, 9.17) is 5.73 Å². The van der Waals surface area contributed by atoms with Crippen LogP contribution in [0, 0.1) is 5.82 Å². The van der Waals surface area contributed by atoms with Gasteiger partial charge in [-0.15, -0.1) is 11.3 Å². The lowest BCUT2D eigenvalue weighted by Gasteiger charge is -2.08. The highest BCUT2D eigenvalue weighted by Crippen LogP contribution is 2.31. The summed E-state index contributed by atoms with van der Waals surface area (Å²) in [5, 5.41) is 1.16. The molecule has 1 aromatic carbocycles. The molecule has 0 amide bonds. The number of nitrogens with two attached hydrogens (primary N) is 1. The second-order valence-electron chi connectivity index (χ2n) is 4.10. The minimum atomic E-state index is -0.357. The van der Waals surface area contributed by atoms with Gasteiger partial charge in [0.15, 0.2) is 0 Å². The van der Waals surface area contributed by atoms with Crippen LogP contribution >= 0.6 is 11.3 Å². The Morgan fingerprint density at radius 3 is 2.78 bits per heavy atom. The number of pyridine rings is 1. The lowest BCUT2D eigenvalue weighted by molar-refractivity contribution is 0.616. The third-order valence-corrected chi connectivity index (χ3v) is 4.04. The lowest BCUT2D eigenvalue weighted by Crippen LogP contribution is -2.10. The molecule has 4 heteroatoms. The zero-order valence-corrected chi connectivity index (χ0v) is 10.3. The number of rotatable bonds is 2. The Labute approximate surface area is 108 Å². The molecule has 2 N–H and O–H groups in total. The smallest absolute Gasteiger partial charge is 0.141 e. The average Bonchev–Trinajstić information content (AvgIpc) is 2.81. The molecular formula is C14H11FN2S. The fourth-order valence-electron chi connectivity index (χ4n) is 1.92. The molecule has 0 aliphatic rings. The van der Waals surface area contributed by atoms with Crippen LogP contribution in [0.15, 0.2) is 48.8 Å². The second kappa shape index (κ2) is 4.48. The highest BCUT2D eigenvalue weighted by atomic mass is 32.1. The van der Waals surface area contributed by atoms with E-state index >= 15 is 0 Å². The number of nitrogens with zero attached hydrogens (tertiary/aromatic N) is 1. The van der Waals surface area contributed by atoms with Crippen molar-refractivity contribution in [1.29, 1.82) is 0 Å². The molecule has 0 bridgehead atoms. The molecule has 0 saturated heterocycles. The van der Waals surface area contributed by atoms with Gasteiger partial charge in [-0.25, -0.2) is 4.39 Å². The third kappa shape index (κ3) is 2.00. The van der Waals surface area contributed by atoms with Gasteiger partial charge >= 0.3 is 0 Å². The zero-order valence-electron chi connectivity index (χ0n) is 9.51. The van der Waals surface area contributed by atoms with Crippen LogP contribution in [-0.2, 0) is 0 Å². The van der Waals surface area contributed by atoms with Gasteiger partial charge in [0.25, 0.3) is 0 Å². The molecule has 2 heterocycles. The molecule has 3 rings (SSSR count). The maximum Gasteiger partial charge on any atom is 0.141 e. The average molecular weight is 258 g/mol. The first-order valence-electron chi connectivity index (χ1n) is 5.58. The fraction of sp³-hybridized carbons (Fsp3) is 0.0714. The van der Waals surface area contributed by atoms with Crippen LogP contribution in [0.5, 0.6) is 0 Å². The molecule has 90 valence electrons. The molecule has 0 saturated carbocycles. The number of hydrogen-bond donors (Lipinski definition) is 1. The highest BCUT2D eigenvalue weighted by Gasteiger charge is 2.13. The zero-order chi connectivity index (χ0) is 12.5. The van der Waals surface area contributed by atoms with E-state index in [1.165, 1.54) is 17.0 Å². The molecule has 0 spiro atoms. The van der Waals surface area contributed by atoms with Crippen molar-refractivity contribution in [1.82, 2.24) is 4.98 Å². The summed E-state index contributed by atoms with van der Waals surface area (Å²) < 4.78 is 14.3. The maximum atomic E-state index is 13.1. The quantitative estimate of drug-likeness (QED) is 0.764. The van der Waals surface area contributed by atoms with Gasteiger partial charge < -0.3 is 5.73 Å². The molecule has 0 radical (unpaired) electrons. The van der Waals surface area contributed by atoms with Crippen molar-refractivity contribution >= 4 is 21.4 Å². The first kappa shape index (κ1) is 11.3. The lowest BCUT2D eigenvalue weighted by atomic mass is 10.1. The Morgan fingerprint density at radius 1 is 1.17 bits per heavy atom. The highest BCUT2D eigenvalue weighted by molar-refractivity contribution is 7.19. The molecule has 2 aromatic heterocycles. The summed E-state index contributed by atoms with van der Waals surface area (Å²) in [6.07, 6.45) is 2.79. The van der Waals surface area contributed by atoms with Crippen LogP contribution in [0.25, 0.3) is 10.1 Å². The maximum absolute atomic E-state index is 13.1. The van der Waals surface area contributed by atoms with Gasteiger partial charge in [0.2, 0.25) is 0 Å². The van der Waals surface area contributed by atoms with E-state index in [-0.39, 0.29) is 11.9 Å². The Balaban J connectivity index is 2.03. The first-order valence-corrected chi connectivity index (χ1v) is 6.40. The fourth-order valence-corrected chi connectivity index (χ4v) is 3.01. The third-order valence-electron chi connectivity index (χ3n) is 2.84. The number of thiophene rings is 1. The summed E-state index contributed by atoms with van der Waals surface area (Å²) in [4.78, 5) is 4.85. The predicted molar refractivity (Wildman–Crippen MR) is 72.1 cm³/mol. The van der Waals surface area contributed by atoms with Gasteiger partial charge in [0.1, 0.15) is 5.82 Å². The molecule has 18 heavy (non-hydrogen) atoms. The van der Waals surface area contributed by atoms with Gasteiger partial charge in [-0.2, -0.15) is 0 Å². The van der Waals surface area contributed by atoms with Crippen LogP contribution < -0.4 is 5.73 Å². The van der Waals surface area contributed by atoms with Crippen molar-refractivity contribution in [2.75, 3.05) is 0 Å². The van der Waals surface area contributed by atoms with Crippen LogP contribution in [0.3, 0.4) is 0 Å². The van der Waals surface area contributed by atoms with Crippen molar-refractivity contribution in [2.24, 2.45) is 5.73 Å². The summed E-state index contributed by atoms with van der Waals surface area (Å²) in [7, 11) is 0. The predicted octanol–water partition coefficient (Wildman–Crippen LogP) is 3.48. The monoisotopic (exact) mass is 258 g/mol. The van der Waals surface area contributed by atoms with Gasteiger partial charge in [0, 0.05) is 15.8 Å². The summed E-state index contributed by atoms with van der Waals surface area (Å²) in [5.74, 6) is -0.357. The Bertz CT molecular complexity index is 660. The van der Waals surface area contributed by atoms with E-state index < -0.39 is 0 Å². The Kier molecular flexibility index (Phi) is 2.81. The van der Waals surface area contributed by atoms with E-state index in [2.05, 4.69) is 17.1 Å². The van der Waals surface area contributed by atoms with Gasteiger partial charge in [-0.1, -0.05) is 18.2 Å². The molecule has 2 nitrogen and oxygen atoms in total. The van der Waals surface area contributed by atoms with Crippen LogP contribution in [-0.4, -0.2) is 4.98 Å². The summed E-state index contributed by atoms with van der Waals surface area (Å²) in [6, 6.07) is 11.3. The van der Waals surface area contributed by atoms with Crippen LogP contribution in [0.1, 0.15) is 16.5 Å². The van der Waals surface area contributed by atoms with Crippen molar-refractivity contribution in [3.8, 4) is 0 Å². The second-order valence-corrected chi connectivity index (χ2v) is 5.22. The number of fused-ring (bicyclic) bond motifs is 1. The number of halogens is 1. The Morgan fingerprint density at radius 2 is 2.00 bits per heavy atom. The normalized spacial score (nSPS) is 12.8. The van der Waals surface area contributed by atoms with Gasteiger partial charge in [-0.3, -0.25) is 4.98 Å².